The normalized spacial score (nSPS) is 12.4. The highest BCUT2D eigenvalue weighted by molar-refractivity contribution is 5.87. The van der Waals surface area contributed by atoms with Crippen LogP contribution in [-0.4, -0.2) is 31.1 Å². The number of hydrogen-bond donors (Lipinski definition) is 0. The highest BCUT2D eigenvalue weighted by Gasteiger charge is 2.40. The zero-order valence-electron chi connectivity index (χ0n) is 12.3. The first-order valence-electron chi connectivity index (χ1n) is 6.33. The molecular weight excluding hydrogens is 264 g/mol. The smallest absolute Gasteiger partial charge is 0.320 e. The molecule has 0 aliphatic carbocycles. The van der Waals surface area contributed by atoms with Crippen LogP contribution in [0.5, 0.6) is 0 Å². The van der Waals surface area contributed by atoms with Crippen molar-refractivity contribution in [2.75, 3.05) is 13.2 Å². The minimum absolute atomic E-state index is 0.154. The van der Waals surface area contributed by atoms with Crippen molar-refractivity contribution in [3.05, 3.63) is 0 Å². The van der Waals surface area contributed by atoms with Crippen molar-refractivity contribution in [3.63, 3.8) is 0 Å². The van der Waals surface area contributed by atoms with E-state index in [1.165, 1.54) is 13.8 Å². The largest absolute Gasteiger partial charge is 0.466 e. The fraction of sp³-hybridized carbons (Fsp3) is 0.643. The molecule has 0 aliphatic rings. The molecule has 6 heteroatoms. The van der Waals surface area contributed by atoms with E-state index in [2.05, 4.69) is 16.8 Å². The highest BCUT2D eigenvalue weighted by Crippen LogP contribution is 2.29. The Kier molecular flexibility index (Phi) is 8.06. The van der Waals surface area contributed by atoms with Crippen LogP contribution in [0.25, 0.3) is 0 Å². The first-order chi connectivity index (χ1) is 9.39. The molecule has 20 heavy (non-hydrogen) atoms. The Bertz CT molecular complexity index is 417. The summed E-state index contributed by atoms with van der Waals surface area (Å²) in [6.07, 6.45) is 1.59. The summed E-state index contributed by atoms with van der Waals surface area (Å²) in [7, 11) is 0. The first-order valence-corrected chi connectivity index (χ1v) is 6.33. The lowest BCUT2D eigenvalue weighted by molar-refractivity contribution is -0.164. The van der Waals surface area contributed by atoms with Gasteiger partial charge in [0.1, 0.15) is 6.11 Å². The number of ether oxygens (including phenoxy) is 3. The molecule has 1 unspecified atom stereocenters. The van der Waals surface area contributed by atoms with E-state index < -0.39 is 23.3 Å². The van der Waals surface area contributed by atoms with E-state index in [4.69, 9.17) is 9.47 Å². The highest BCUT2D eigenvalue weighted by atomic mass is 16.5. The maximum absolute atomic E-state index is 11.9. The van der Waals surface area contributed by atoms with Gasteiger partial charge in [-0.05, 0) is 20.8 Å². The fourth-order valence-corrected chi connectivity index (χ4v) is 1.51. The molecule has 112 valence electrons. The molecule has 1 atom stereocenters. The minimum atomic E-state index is -1.32. The zero-order chi connectivity index (χ0) is 15.6. The number of carbonyl (C=O) groups is 3. The van der Waals surface area contributed by atoms with Gasteiger partial charge in [-0.15, -0.1) is 0 Å². The number of carbonyl (C=O) groups excluding carboxylic acids is 3. The van der Waals surface area contributed by atoms with Gasteiger partial charge in [-0.3, -0.25) is 14.4 Å². The van der Waals surface area contributed by atoms with Gasteiger partial charge in [0.15, 0.2) is 0 Å². The van der Waals surface area contributed by atoms with Crippen molar-refractivity contribution in [1.29, 1.82) is 0 Å². The van der Waals surface area contributed by atoms with Crippen LogP contribution in [0.4, 0.5) is 0 Å². The summed E-state index contributed by atoms with van der Waals surface area (Å²) >= 11 is 0. The van der Waals surface area contributed by atoms with E-state index in [1.54, 1.807) is 13.8 Å². The van der Waals surface area contributed by atoms with Gasteiger partial charge in [-0.2, -0.15) is 0 Å². The zero-order valence-corrected chi connectivity index (χ0v) is 12.3. The van der Waals surface area contributed by atoms with Crippen molar-refractivity contribution in [2.24, 2.45) is 5.41 Å². The van der Waals surface area contributed by atoms with E-state index in [9.17, 15) is 14.4 Å². The molecule has 0 aromatic carbocycles. The molecule has 0 aliphatic heterocycles. The summed E-state index contributed by atoms with van der Waals surface area (Å²) in [5, 5.41) is 0. The Morgan fingerprint density at radius 1 is 1.00 bits per heavy atom. The predicted molar refractivity (Wildman–Crippen MR) is 70.1 cm³/mol. The summed E-state index contributed by atoms with van der Waals surface area (Å²) in [5.41, 5.74) is -1.32. The molecular formula is C14H20O6. The molecule has 0 rings (SSSR count). The van der Waals surface area contributed by atoms with Crippen molar-refractivity contribution in [3.8, 4) is 12.0 Å². The number of esters is 3. The van der Waals surface area contributed by atoms with E-state index in [0.717, 1.165) is 0 Å². The molecule has 0 radical (unpaired) electrons. The molecule has 0 heterocycles. The lowest BCUT2D eigenvalue weighted by atomic mass is 9.83. The summed E-state index contributed by atoms with van der Waals surface area (Å²) in [4.78, 5) is 35.1. The number of hydrogen-bond acceptors (Lipinski definition) is 6. The van der Waals surface area contributed by atoms with Crippen LogP contribution in [-0.2, 0) is 28.6 Å². The summed E-state index contributed by atoms with van der Waals surface area (Å²) in [5.74, 6) is 0.488. The molecule has 0 fully saturated rings. The maximum atomic E-state index is 11.9. The molecule has 6 nitrogen and oxygen atoms in total. The maximum Gasteiger partial charge on any atom is 0.320 e. The van der Waals surface area contributed by atoms with Gasteiger partial charge >= 0.3 is 17.9 Å². The Hall–Kier alpha value is -2.03. The lowest BCUT2D eigenvalue weighted by Gasteiger charge is -2.24. The van der Waals surface area contributed by atoms with Crippen LogP contribution in [0.15, 0.2) is 0 Å². The average Bonchev–Trinajstić information content (AvgIpc) is 2.36. The average molecular weight is 284 g/mol. The van der Waals surface area contributed by atoms with Crippen LogP contribution in [0, 0.1) is 17.4 Å². The molecule has 0 saturated carbocycles. The van der Waals surface area contributed by atoms with E-state index in [0.29, 0.717) is 0 Å². The third-order valence-electron chi connectivity index (χ3n) is 2.41. The van der Waals surface area contributed by atoms with E-state index >= 15 is 0 Å². The van der Waals surface area contributed by atoms with Crippen LogP contribution in [0.1, 0.15) is 40.5 Å². The second-order valence-electron chi connectivity index (χ2n) is 4.27. The van der Waals surface area contributed by atoms with Gasteiger partial charge in [0, 0.05) is 6.92 Å². The summed E-state index contributed by atoms with van der Waals surface area (Å²) < 4.78 is 14.3. The van der Waals surface area contributed by atoms with Crippen molar-refractivity contribution >= 4 is 17.9 Å². The monoisotopic (exact) mass is 284 g/mol. The van der Waals surface area contributed by atoms with Gasteiger partial charge in [-0.1, -0.05) is 5.92 Å². The van der Waals surface area contributed by atoms with Crippen molar-refractivity contribution in [2.45, 2.75) is 40.5 Å². The summed E-state index contributed by atoms with van der Waals surface area (Å²) in [6.45, 7) is 6.62. The molecule has 0 aromatic rings. The third-order valence-corrected chi connectivity index (χ3v) is 2.41. The van der Waals surface area contributed by atoms with Crippen molar-refractivity contribution in [1.82, 2.24) is 0 Å². The van der Waals surface area contributed by atoms with Crippen LogP contribution in [0.3, 0.4) is 0 Å². The van der Waals surface area contributed by atoms with E-state index in [-0.39, 0.29) is 26.1 Å². The van der Waals surface area contributed by atoms with Gasteiger partial charge < -0.3 is 14.2 Å². The Labute approximate surface area is 118 Å². The van der Waals surface area contributed by atoms with Gasteiger partial charge in [0.05, 0.1) is 31.5 Å². The molecule has 0 aromatic heterocycles. The molecule has 0 bridgehead atoms. The fourth-order valence-electron chi connectivity index (χ4n) is 1.51. The van der Waals surface area contributed by atoms with Crippen molar-refractivity contribution < 1.29 is 28.6 Å². The van der Waals surface area contributed by atoms with Crippen LogP contribution in [0.2, 0.25) is 0 Å². The predicted octanol–water partition coefficient (Wildman–Crippen LogP) is 1.42. The molecule has 0 saturated heterocycles. The van der Waals surface area contributed by atoms with E-state index in [1.807, 2.05) is 0 Å². The van der Waals surface area contributed by atoms with Crippen LogP contribution < -0.4 is 0 Å². The standard InChI is InChI=1S/C14H20O6/c1-5-8-20-12(16)10-14(4,13(17)19-7-3)9-11(15)18-6-2/h6-7,9-10H2,1-4H3. The Morgan fingerprint density at radius 3 is 2.05 bits per heavy atom. The van der Waals surface area contributed by atoms with Gasteiger partial charge in [0.25, 0.3) is 0 Å². The lowest BCUT2D eigenvalue weighted by Crippen LogP contribution is -2.35. The SMILES string of the molecule is CC#COC(=O)CC(C)(CC(=O)OCC)C(=O)OCC. The number of rotatable bonds is 7. The summed E-state index contributed by atoms with van der Waals surface area (Å²) in [6, 6.07) is 0. The molecule has 0 N–H and O–H groups in total. The topological polar surface area (TPSA) is 78.9 Å². The van der Waals surface area contributed by atoms with Gasteiger partial charge in [-0.25, -0.2) is 0 Å². The second-order valence-corrected chi connectivity index (χ2v) is 4.27. The molecule has 0 spiro atoms. The third kappa shape index (κ3) is 6.23. The molecule has 0 amide bonds. The first kappa shape index (κ1) is 18.0. The Morgan fingerprint density at radius 2 is 1.55 bits per heavy atom. The minimum Gasteiger partial charge on any atom is -0.466 e. The second kappa shape index (κ2) is 8.97. The van der Waals surface area contributed by atoms with Gasteiger partial charge in [0.2, 0.25) is 0 Å². The quantitative estimate of drug-likeness (QED) is 0.400. The van der Waals surface area contributed by atoms with Crippen LogP contribution >= 0.6 is 0 Å². The Balaban J connectivity index is 4.93.